The Morgan fingerprint density at radius 2 is 1.92 bits per heavy atom. The second-order valence-electron chi connectivity index (χ2n) is 4.50. The van der Waals surface area contributed by atoms with E-state index in [1.165, 1.54) is 19.3 Å². The predicted octanol–water partition coefficient (Wildman–Crippen LogP) is 4.10. The molecule has 1 heteroatoms. The molecule has 0 N–H and O–H groups in total. The van der Waals surface area contributed by atoms with Crippen LogP contribution in [0.3, 0.4) is 0 Å². The fourth-order valence-electron chi connectivity index (χ4n) is 2.06. The van der Waals surface area contributed by atoms with Crippen molar-refractivity contribution in [1.29, 1.82) is 0 Å². The van der Waals surface area contributed by atoms with Crippen LogP contribution in [0.25, 0.3) is 0 Å². The topological polar surface area (TPSA) is 0 Å². The Kier molecular flexibility index (Phi) is 3.54. The third-order valence-corrected chi connectivity index (χ3v) is 3.11. The predicted molar refractivity (Wildman–Crippen MR) is 51.0 cm³/mol. The molecule has 0 aliphatic heterocycles. The van der Waals surface area contributed by atoms with Crippen molar-refractivity contribution in [1.82, 2.24) is 0 Å². The van der Waals surface area contributed by atoms with Gasteiger partial charge >= 0.3 is 0 Å². The third-order valence-electron chi connectivity index (χ3n) is 3.11. The van der Waals surface area contributed by atoms with Gasteiger partial charge in [-0.15, -0.1) is 0 Å². The lowest BCUT2D eigenvalue weighted by molar-refractivity contribution is 0.100. The molecule has 0 bridgehead atoms. The van der Waals surface area contributed by atoms with Crippen LogP contribution in [0.15, 0.2) is 0 Å². The molecule has 0 amide bonds. The molecule has 0 radical (unpaired) electrons. The molecule has 0 saturated heterocycles. The molecule has 0 aromatic rings. The molecular formula is C11H21F. The largest absolute Gasteiger partial charge is 0.244 e. The number of unbranched alkanes of at least 4 members (excludes halogenated alkanes) is 1. The van der Waals surface area contributed by atoms with E-state index in [4.69, 9.17) is 0 Å². The van der Waals surface area contributed by atoms with E-state index in [1.54, 1.807) is 6.92 Å². The molecule has 12 heavy (non-hydrogen) atoms. The second kappa shape index (κ2) is 4.25. The minimum Gasteiger partial charge on any atom is -0.244 e. The summed E-state index contributed by atoms with van der Waals surface area (Å²) in [5, 5.41) is 0. The summed E-state index contributed by atoms with van der Waals surface area (Å²) in [5.41, 5.74) is -0.845. The van der Waals surface area contributed by atoms with E-state index < -0.39 is 5.67 Å². The van der Waals surface area contributed by atoms with Gasteiger partial charge in [-0.2, -0.15) is 0 Å². The maximum Gasteiger partial charge on any atom is 0.108 e. The molecule has 0 unspecified atom stereocenters. The molecule has 0 nitrogen and oxygen atoms in total. The Morgan fingerprint density at radius 3 is 2.42 bits per heavy atom. The Labute approximate surface area is 75.5 Å². The molecule has 0 aromatic heterocycles. The van der Waals surface area contributed by atoms with Crippen LogP contribution >= 0.6 is 0 Å². The van der Waals surface area contributed by atoms with Crippen molar-refractivity contribution in [3.63, 3.8) is 0 Å². The quantitative estimate of drug-likeness (QED) is 0.601. The molecule has 1 aliphatic rings. The van der Waals surface area contributed by atoms with Crippen LogP contribution in [0, 0.1) is 5.92 Å². The Balaban J connectivity index is 2.18. The Hall–Kier alpha value is -0.0700. The van der Waals surface area contributed by atoms with Gasteiger partial charge in [0, 0.05) is 0 Å². The molecule has 0 aromatic carbocycles. The van der Waals surface area contributed by atoms with Crippen molar-refractivity contribution in [2.45, 2.75) is 64.5 Å². The van der Waals surface area contributed by atoms with Crippen LogP contribution in [0.4, 0.5) is 4.39 Å². The summed E-state index contributed by atoms with van der Waals surface area (Å²) >= 11 is 0. The van der Waals surface area contributed by atoms with Crippen molar-refractivity contribution in [3.8, 4) is 0 Å². The monoisotopic (exact) mass is 172 g/mol. The fourth-order valence-corrected chi connectivity index (χ4v) is 2.06. The van der Waals surface area contributed by atoms with E-state index in [-0.39, 0.29) is 0 Å². The number of alkyl halides is 1. The van der Waals surface area contributed by atoms with E-state index in [0.29, 0.717) is 0 Å². The lowest BCUT2D eigenvalue weighted by Crippen LogP contribution is -2.25. The molecule has 1 fully saturated rings. The molecule has 1 rings (SSSR count). The Morgan fingerprint density at radius 1 is 1.33 bits per heavy atom. The highest BCUT2D eigenvalue weighted by Crippen LogP contribution is 2.36. The van der Waals surface area contributed by atoms with Gasteiger partial charge in [0.2, 0.25) is 0 Å². The van der Waals surface area contributed by atoms with Crippen molar-refractivity contribution in [3.05, 3.63) is 0 Å². The van der Waals surface area contributed by atoms with Gasteiger partial charge < -0.3 is 0 Å². The smallest absolute Gasteiger partial charge is 0.108 e. The van der Waals surface area contributed by atoms with Crippen molar-refractivity contribution in [2.24, 2.45) is 5.92 Å². The minimum absolute atomic E-state index is 0.793. The molecule has 1 aliphatic carbocycles. The zero-order valence-corrected chi connectivity index (χ0v) is 8.41. The number of hydrogen-bond acceptors (Lipinski definition) is 0. The molecule has 0 atom stereocenters. The lowest BCUT2D eigenvalue weighted by Gasteiger charge is -2.31. The molecule has 0 spiro atoms. The molecular weight excluding hydrogens is 151 g/mol. The van der Waals surface area contributed by atoms with Gasteiger partial charge in [-0.3, -0.25) is 0 Å². The maximum atomic E-state index is 13.4. The number of halogens is 1. The van der Waals surface area contributed by atoms with Crippen molar-refractivity contribution < 1.29 is 4.39 Å². The van der Waals surface area contributed by atoms with Crippen LogP contribution in [-0.4, -0.2) is 5.67 Å². The van der Waals surface area contributed by atoms with Gasteiger partial charge in [-0.25, -0.2) is 4.39 Å². The van der Waals surface area contributed by atoms with Gasteiger partial charge in [-0.05, 0) is 38.5 Å². The average molecular weight is 172 g/mol. The maximum absolute atomic E-state index is 13.4. The summed E-state index contributed by atoms with van der Waals surface area (Å²) < 4.78 is 13.4. The summed E-state index contributed by atoms with van der Waals surface area (Å²) in [6.45, 7) is 3.98. The number of rotatable bonds is 3. The van der Waals surface area contributed by atoms with Crippen LogP contribution < -0.4 is 0 Å². The van der Waals surface area contributed by atoms with Gasteiger partial charge in [0.1, 0.15) is 5.67 Å². The highest BCUT2D eigenvalue weighted by molar-refractivity contribution is 4.81. The van der Waals surface area contributed by atoms with Crippen LogP contribution in [0.1, 0.15) is 58.8 Å². The van der Waals surface area contributed by atoms with Crippen LogP contribution in [-0.2, 0) is 0 Å². The van der Waals surface area contributed by atoms with Crippen molar-refractivity contribution >= 4 is 0 Å². The summed E-state index contributed by atoms with van der Waals surface area (Å²) in [7, 11) is 0. The van der Waals surface area contributed by atoms with E-state index in [0.717, 1.165) is 31.6 Å². The molecule has 1 saturated carbocycles. The zero-order chi connectivity index (χ0) is 9.03. The zero-order valence-electron chi connectivity index (χ0n) is 8.41. The van der Waals surface area contributed by atoms with E-state index in [1.807, 2.05) is 0 Å². The summed E-state index contributed by atoms with van der Waals surface area (Å²) in [4.78, 5) is 0. The first kappa shape index (κ1) is 10.0. The fraction of sp³-hybridized carbons (Fsp3) is 1.00. The lowest BCUT2D eigenvalue weighted by atomic mass is 9.79. The molecule has 0 heterocycles. The van der Waals surface area contributed by atoms with Crippen LogP contribution in [0.2, 0.25) is 0 Å². The summed E-state index contributed by atoms with van der Waals surface area (Å²) in [6, 6.07) is 0. The summed E-state index contributed by atoms with van der Waals surface area (Å²) in [5.74, 6) is 0.828. The third kappa shape index (κ3) is 3.12. The first-order valence-corrected chi connectivity index (χ1v) is 5.33. The standard InChI is InChI=1S/C11H21F/c1-3-4-5-10-6-8-11(2,12)9-7-10/h10H,3-9H2,1-2H3. The highest BCUT2D eigenvalue weighted by Gasteiger charge is 2.29. The highest BCUT2D eigenvalue weighted by atomic mass is 19.1. The second-order valence-corrected chi connectivity index (χ2v) is 4.50. The minimum atomic E-state index is -0.845. The van der Waals surface area contributed by atoms with Gasteiger partial charge in [0.15, 0.2) is 0 Å². The normalized spacial score (nSPS) is 36.8. The number of hydrogen-bond donors (Lipinski definition) is 0. The van der Waals surface area contributed by atoms with Gasteiger partial charge in [0.05, 0.1) is 0 Å². The van der Waals surface area contributed by atoms with Gasteiger partial charge in [0.25, 0.3) is 0 Å². The van der Waals surface area contributed by atoms with E-state index >= 15 is 0 Å². The Bertz CT molecular complexity index is 119. The van der Waals surface area contributed by atoms with Crippen LogP contribution in [0.5, 0.6) is 0 Å². The SMILES string of the molecule is CCCCC1CCC(C)(F)CC1. The van der Waals surface area contributed by atoms with E-state index in [2.05, 4.69) is 6.92 Å². The summed E-state index contributed by atoms with van der Waals surface area (Å²) in [6.07, 6.45) is 7.76. The average Bonchev–Trinajstić information content (AvgIpc) is 2.03. The van der Waals surface area contributed by atoms with Crippen molar-refractivity contribution in [2.75, 3.05) is 0 Å². The molecule has 72 valence electrons. The first-order valence-electron chi connectivity index (χ1n) is 5.33. The van der Waals surface area contributed by atoms with E-state index in [9.17, 15) is 4.39 Å². The van der Waals surface area contributed by atoms with Gasteiger partial charge in [-0.1, -0.05) is 26.2 Å². The first-order chi connectivity index (χ1) is 5.64.